The van der Waals surface area contributed by atoms with Gasteiger partial charge in [0.2, 0.25) is 5.95 Å². The summed E-state index contributed by atoms with van der Waals surface area (Å²) >= 11 is 0. The minimum absolute atomic E-state index is 0.329. The van der Waals surface area contributed by atoms with Crippen LogP contribution < -0.4 is 16.4 Å². The van der Waals surface area contributed by atoms with Gasteiger partial charge in [-0.25, -0.2) is 19.5 Å². The standard InChI is InChI=1S/C21H26N10/c1-30-9-8-17(28-30)12-26-21-24-10-14(11-25-21)18-13-23-20-7-6-19(29-31(18)20)27-16-4-2-15(22)3-5-16/h6-11,13,15-16H,2-5,12,22H2,1H3,(H,27,29)(H,24,25,26)/t15-,16-. The summed E-state index contributed by atoms with van der Waals surface area (Å²) in [6.45, 7) is 0.568. The first-order valence-corrected chi connectivity index (χ1v) is 10.6. The molecule has 4 aromatic rings. The molecule has 4 aromatic heterocycles. The topological polar surface area (TPSA) is 124 Å². The molecule has 0 saturated heterocycles. The molecule has 0 radical (unpaired) electrons. The quantitative estimate of drug-likeness (QED) is 0.435. The lowest BCUT2D eigenvalue weighted by atomic mass is 9.92. The summed E-state index contributed by atoms with van der Waals surface area (Å²) in [6, 6.07) is 6.64. The average Bonchev–Trinajstić information content (AvgIpc) is 3.40. The maximum Gasteiger partial charge on any atom is 0.222 e. The Bertz CT molecular complexity index is 1150. The third-order valence-corrected chi connectivity index (χ3v) is 5.63. The average molecular weight is 419 g/mol. The zero-order valence-corrected chi connectivity index (χ0v) is 17.4. The molecule has 5 rings (SSSR count). The van der Waals surface area contributed by atoms with Gasteiger partial charge in [0.1, 0.15) is 5.82 Å². The second-order valence-corrected chi connectivity index (χ2v) is 8.02. The van der Waals surface area contributed by atoms with E-state index in [0.717, 1.165) is 54.1 Å². The molecule has 0 atom stereocenters. The van der Waals surface area contributed by atoms with Gasteiger partial charge in [-0.3, -0.25) is 4.68 Å². The number of aryl methyl sites for hydroxylation is 1. The maximum absolute atomic E-state index is 6.02. The van der Waals surface area contributed by atoms with Crippen LogP contribution >= 0.6 is 0 Å². The highest BCUT2D eigenvalue weighted by Gasteiger charge is 2.19. The van der Waals surface area contributed by atoms with Crippen LogP contribution in [0.25, 0.3) is 16.9 Å². The molecule has 10 heteroatoms. The predicted octanol–water partition coefficient (Wildman–Crippen LogP) is 2.21. The monoisotopic (exact) mass is 418 g/mol. The van der Waals surface area contributed by atoms with Crippen LogP contribution in [0.4, 0.5) is 11.8 Å². The molecule has 10 nitrogen and oxygen atoms in total. The van der Waals surface area contributed by atoms with E-state index >= 15 is 0 Å². The van der Waals surface area contributed by atoms with E-state index in [0.29, 0.717) is 24.6 Å². The molecule has 0 bridgehead atoms. The summed E-state index contributed by atoms with van der Waals surface area (Å²) in [5.74, 6) is 1.39. The van der Waals surface area contributed by atoms with Crippen molar-refractivity contribution in [2.45, 2.75) is 44.3 Å². The third-order valence-electron chi connectivity index (χ3n) is 5.63. The van der Waals surface area contributed by atoms with Gasteiger partial charge in [-0.2, -0.15) is 5.10 Å². The van der Waals surface area contributed by atoms with E-state index in [4.69, 9.17) is 10.8 Å². The normalized spacial score (nSPS) is 18.9. The molecule has 4 heterocycles. The second-order valence-electron chi connectivity index (χ2n) is 8.02. The Labute approximate surface area is 179 Å². The van der Waals surface area contributed by atoms with Crippen LogP contribution in [0.5, 0.6) is 0 Å². The summed E-state index contributed by atoms with van der Waals surface area (Å²) in [7, 11) is 1.89. The fraction of sp³-hybridized carbons (Fsp3) is 0.381. The van der Waals surface area contributed by atoms with Gasteiger partial charge in [0.05, 0.1) is 24.1 Å². The smallest absolute Gasteiger partial charge is 0.222 e. The summed E-state index contributed by atoms with van der Waals surface area (Å²) in [5.41, 5.74) is 9.43. The number of hydrogen-bond donors (Lipinski definition) is 3. The largest absolute Gasteiger partial charge is 0.366 e. The SMILES string of the molecule is Cn1ccc(CNc2ncc(-c3cnc4ccc(N[C@H]5CC[C@H](N)CC5)nn34)cn2)n1. The van der Waals surface area contributed by atoms with E-state index in [1.807, 2.05) is 36.0 Å². The van der Waals surface area contributed by atoms with Crippen LogP contribution in [-0.2, 0) is 13.6 Å². The van der Waals surface area contributed by atoms with Crippen molar-refractivity contribution in [3.8, 4) is 11.3 Å². The van der Waals surface area contributed by atoms with Crippen molar-refractivity contribution in [2.24, 2.45) is 12.8 Å². The molecule has 160 valence electrons. The molecule has 1 aliphatic carbocycles. The van der Waals surface area contributed by atoms with E-state index < -0.39 is 0 Å². The molecular formula is C21H26N10. The number of hydrogen-bond acceptors (Lipinski definition) is 8. The van der Waals surface area contributed by atoms with Gasteiger partial charge in [-0.1, -0.05) is 0 Å². The van der Waals surface area contributed by atoms with E-state index in [1.165, 1.54) is 0 Å². The lowest BCUT2D eigenvalue weighted by Gasteiger charge is -2.27. The van der Waals surface area contributed by atoms with Gasteiger partial charge in [0.15, 0.2) is 5.65 Å². The molecule has 0 aromatic carbocycles. The summed E-state index contributed by atoms with van der Waals surface area (Å²) < 4.78 is 3.60. The highest BCUT2D eigenvalue weighted by Crippen LogP contribution is 2.23. The van der Waals surface area contributed by atoms with Gasteiger partial charge in [-0.15, -0.1) is 5.10 Å². The highest BCUT2D eigenvalue weighted by atomic mass is 15.3. The van der Waals surface area contributed by atoms with E-state index in [9.17, 15) is 0 Å². The first-order valence-electron chi connectivity index (χ1n) is 10.6. The van der Waals surface area contributed by atoms with Crippen molar-refractivity contribution in [1.82, 2.24) is 34.3 Å². The molecule has 1 fully saturated rings. The Kier molecular flexibility index (Phi) is 5.21. The molecule has 4 N–H and O–H groups in total. The Morgan fingerprint density at radius 1 is 1.00 bits per heavy atom. The van der Waals surface area contributed by atoms with Crippen LogP contribution in [0, 0.1) is 0 Å². The third kappa shape index (κ3) is 4.33. The number of imidazole rings is 1. The number of nitrogens with two attached hydrogens (primary N) is 1. The zero-order chi connectivity index (χ0) is 21.2. The van der Waals surface area contributed by atoms with Gasteiger partial charge >= 0.3 is 0 Å². The fourth-order valence-corrected chi connectivity index (χ4v) is 3.90. The van der Waals surface area contributed by atoms with Crippen molar-refractivity contribution in [3.05, 3.63) is 48.7 Å². The summed E-state index contributed by atoms with van der Waals surface area (Å²) in [6.07, 6.45) is 11.5. The number of nitrogens with one attached hydrogen (secondary N) is 2. The number of aromatic nitrogens is 7. The fourth-order valence-electron chi connectivity index (χ4n) is 3.90. The first kappa shape index (κ1) is 19.4. The second kappa shape index (κ2) is 8.31. The van der Waals surface area contributed by atoms with E-state index in [-0.39, 0.29) is 0 Å². The predicted molar refractivity (Wildman–Crippen MR) is 118 cm³/mol. The molecule has 0 spiro atoms. The van der Waals surface area contributed by atoms with Gasteiger partial charge in [-0.05, 0) is 43.9 Å². The zero-order valence-electron chi connectivity index (χ0n) is 17.4. The lowest BCUT2D eigenvalue weighted by Crippen LogP contribution is -2.33. The van der Waals surface area contributed by atoms with Crippen LogP contribution in [0.1, 0.15) is 31.4 Å². The van der Waals surface area contributed by atoms with Crippen molar-refractivity contribution in [1.29, 1.82) is 0 Å². The van der Waals surface area contributed by atoms with Crippen molar-refractivity contribution in [2.75, 3.05) is 10.6 Å². The maximum atomic E-state index is 6.02. The van der Waals surface area contributed by atoms with E-state index in [1.54, 1.807) is 23.3 Å². The Hall–Kier alpha value is -3.53. The number of fused-ring (bicyclic) bond motifs is 1. The summed E-state index contributed by atoms with van der Waals surface area (Å²) in [4.78, 5) is 13.3. The summed E-state index contributed by atoms with van der Waals surface area (Å²) in [5, 5.41) is 15.8. The lowest BCUT2D eigenvalue weighted by molar-refractivity contribution is 0.410. The molecule has 0 aliphatic heterocycles. The van der Waals surface area contributed by atoms with E-state index in [2.05, 4.69) is 30.7 Å². The minimum atomic E-state index is 0.329. The molecule has 0 unspecified atom stereocenters. The van der Waals surface area contributed by atoms with Crippen molar-refractivity contribution >= 4 is 17.4 Å². The Morgan fingerprint density at radius 2 is 1.81 bits per heavy atom. The Morgan fingerprint density at radius 3 is 2.55 bits per heavy atom. The minimum Gasteiger partial charge on any atom is -0.366 e. The molecule has 0 amide bonds. The number of anilines is 2. The number of rotatable bonds is 6. The van der Waals surface area contributed by atoms with Gasteiger partial charge in [0.25, 0.3) is 0 Å². The molecule has 31 heavy (non-hydrogen) atoms. The van der Waals surface area contributed by atoms with Crippen LogP contribution in [0.15, 0.2) is 43.0 Å². The molecule has 1 saturated carbocycles. The molecule has 1 aliphatic rings. The Balaban J connectivity index is 1.31. The van der Waals surface area contributed by atoms with Crippen LogP contribution in [-0.4, -0.2) is 46.4 Å². The number of nitrogens with zero attached hydrogens (tertiary/aromatic N) is 7. The van der Waals surface area contributed by atoms with Gasteiger partial charge in [0, 0.05) is 43.3 Å². The van der Waals surface area contributed by atoms with Gasteiger partial charge < -0.3 is 16.4 Å². The van der Waals surface area contributed by atoms with Crippen molar-refractivity contribution in [3.63, 3.8) is 0 Å². The van der Waals surface area contributed by atoms with Crippen LogP contribution in [0.2, 0.25) is 0 Å². The first-order chi connectivity index (χ1) is 15.1. The van der Waals surface area contributed by atoms with Crippen LogP contribution in [0.3, 0.4) is 0 Å². The van der Waals surface area contributed by atoms with Crippen molar-refractivity contribution < 1.29 is 0 Å². The molecular weight excluding hydrogens is 392 g/mol. The highest BCUT2D eigenvalue weighted by molar-refractivity contribution is 5.62.